The highest BCUT2D eigenvalue weighted by Crippen LogP contribution is 2.32. The summed E-state index contributed by atoms with van der Waals surface area (Å²) in [5.41, 5.74) is 1.40. The predicted octanol–water partition coefficient (Wildman–Crippen LogP) is 2.76. The Labute approximate surface area is 92.8 Å². The average molecular weight is 221 g/mol. The Kier molecular flexibility index (Phi) is 2.93. The molecule has 2 rings (SSSR count). The van der Waals surface area contributed by atoms with Crippen LogP contribution in [0.15, 0.2) is 18.5 Å². The molecule has 0 radical (unpaired) electrons. The molecule has 1 aliphatic rings. The number of unbranched alkanes of at least 4 members (excludes halogenated alkanes) is 1. The smallest absolute Gasteiger partial charge is 0.220 e. The summed E-state index contributed by atoms with van der Waals surface area (Å²) in [6, 6.07) is 2.14. The SMILES string of the molecule is CCCCC1O[Si](C)(C)c2cnccc21. The van der Waals surface area contributed by atoms with Crippen molar-refractivity contribution in [1.29, 1.82) is 0 Å². The second kappa shape index (κ2) is 4.06. The van der Waals surface area contributed by atoms with Gasteiger partial charge in [0.1, 0.15) is 0 Å². The van der Waals surface area contributed by atoms with E-state index in [9.17, 15) is 0 Å². The molecule has 0 bridgehead atoms. The lowest BCUT2D eigenvalue weighted by Gasteiger charge is -2.17. The number of fused-ring (bicyclic) bond motifs is 1. The van der Waals surface area contributed by atoms with Crippen molar-refractivity contribution >= 4 is 13.5 Å². The molecule has 1 atom stereocenters. The molecule has 1 unspecified atom stereocenters. The highest BCUT2D eigenvalue weighted by molar-refractivity contribution is 6.85. The molecule has 0 N–H and O–H groups in total. The van der Waals surface area contributed by atoms with Gasteiger partial charge in [-0.1, -0.05) is 19.8 Å². The largest absolute Gasteiger partial charge is 0.406 e. The maximum absolute atomic E-state index is 6.22. The van der Waals surface area contributed by atoms with Crippen molar-refractivity contribution in [3.8, 4) is 0 Å². The van der Waals surface area contributed by atoms with Crippen LogP contribution < -0.4 is 5.19 Å². The lowest BCUT2D eigenvalue weighted by Crippen LogP contribution is -2.40. The van der Waals surface area contributed by atoms with Crippen molar-refractivity contribution in [3.63, 3.8) is 0 Å². The van der Waals surface area contributed by atoms with Crippen LogP contribution in [-0.2, 0) is 4.43 Å². The minimum absolute atomic E-state index is 0.338. The first kappa shape index (κ1) is 10.8. The molecule has 0 fully saturated rings. The van der Waals surface area contributed by atoms with Crippen molar-refractivity contribution < 1.29 is 4.43 Å². The molecule has 0 saturated heterocycles. The summed E-state index contributed by atoms with van der Waals surface area (Å²) < 4.78 is 6.22. The van der Waals surface area contributed by atoms with E-state index in [4.69, 9.17) is 4.43 Å². The van der Waals surface area contributed by atoms with E-state index in [-0.39, 0.29) is 0 Å². The maximum atomic E-state index is 6.22. The van der Waals surface area contributed by atoms with Crippen molar-refractivity contribution in [1.82, 2.24) is 4.98 Å². The van der Waals surface area contributed by atoms with Gasteiger partial charge in [-0.25, -0.2) is 0 Å². The van der Waals surface area contributed by atoms with Gasteiger partial charge in [-0.05, 0) is 36.3 Å². The third-order valence-corrected chi connectivity index (χ3v) is 5.70. The number of hydrogen-bond donors (Lipinski definition) is 0. The summed E-state index contributed by atoms with van der Waals surface area (Å²) in [5.74, 6) is 0. The number of pyridine rings is 1. The lowest BCUT2D eigenvalue weighted by molar-refractivity contribution is 0.201. The second-order valence-electron chi connectivity index (χ2n) is 4.72. The van der Waals surface area contributed by atoms with Crippen molar-refractivity contribution in [2.24, 2.45) is 0 Å². The summed E-state index contributed by atoms with van der Waals surface area (Å²) in [6.45, 7) is 6.75. The van der Waals surface area contributed by atoms with Gasteiger partial charge in [-0.2, -0.15) is 0 Å². The molecule has 0 spiro atoms. The molecule has 1 aromatic rings. The molecule has 0 aliphatic carbocycles. The zero-order valence-corrected chi connectivity index (χ0v) is 10.8. The minimum Gasteiger partial charge on any atom is -0.406 e. The van der Waals surface area contributed by atoms with Crippen molar-refractivity contribution in [2.75, 3.05) is 0 Å². The highest BCUT2D eigenvalue weighted by atomic mass is 28.4. The molecule has 15 heavy (non-hydrogen) atoms. The zero-order chi connectivity index (χ0) is 10.9. The van der Waals surface area contributed by atoms with E-state index in [2.05, 4.69) is 31.1 Å². The summed E-state index contributed by atoms with van der Waals surface area (Å²) >= 11 is 0. The van der Waals surface area contributed by atoms with Crippen LogP contribution in [0.4, 0.5) is 0 Å². The number of nitrogens with zero attached hydrogens (tertiary/aromatic N) is 1. The second-order valence-corrected chi connectivity index (χ2v) is 8.52. The maximum Gasteiger partial charge on any atom is 0.220 e. The highest BCUT2D eigenvalue weighted by Gasteiger charge is 2.39. The molecule has 3 heteroatoms. The number of rotatable bonds is 3. The Morgan fingerprint density at radius 2 is 2.27 bits per heavy atom. The van der Waals surface area contributed by atoms with Crippen LogP contribution in [0.25, 0.3) is 0 Å². The quantitative estimate of drug-likeness (QED) is 0.732. The van der Waals surface area contributed by atoms with Gasteiger partial charge in [0.05, 0.1) is 6.10 Å². The van der Waals surface area contributed by atoms with Gasteiger partial charge in [0, 0.05) is 12.4 Å². The zero-order valence-electron chi connectivity index (χ0n) is 9.79. The number of hydrogen-bond acceptors (Lipinski definition) is 2. The van der Waals surface area contributed by atoms with Gasteiger partial charge in [0.15, 0.2) is 0 Å². The van der Waals surface area contributed by atoms with E-state index in [1.165, 1.54) is 23.6 Å². The topological polar surface area (TPSA) is 22.1 Å². The van der Waals surface area contributed by atoms with Gasteiger partial charge < -0.3 is 4.43 Å². The molecule has 0 amide bonds. The van der Waals surface area contributed by atoms with Crippen LogP contribution in [0.3, 0.4) is 0 Å². The molecule has 0 aromatic carbocycles. The lowest BCUT2D eigenvalue weighted by atomic mass is 10.1. The van der Waals surface area contributed by atoms with Crippen LogP contribution in [0.5, 0.6) is 0 Å². The van der Waals surface area contributed by atoms with Crippen LogP contribution in [0.1, 0.15) is 37.9 Å². The molecular formula is C12H19NOSi. The van der Waals surface area contributed by atoms with Gasteiger partial charge in [-0.3, -0.25) is 4.98 Å². The van der Waals surface area contributed by atoms with Gasteiger partial charge in [0.2, 0.25) is 8.32 Å². The summed E-state index contributed by atoms with van der Waals surface area (Å²) in [4.78, 5) is 4.22. The molecule has 2 nitrogen and oxygen atoms in total. The Hall–Kier alpha value is -0.673. The van der Waals surface area contributed by atoms with Crippen LogP contribution in [0, 0.1) is 0 Å². The monoisotopic (exact) mass is 221 g/mol. The Balaban J connectivity index is 2.26. The minimum atomic E-state index is -1.64. The van der Waals surface area contributed by atoms with E-state index in [0.717, 1.165) is 6.42 Å². The number of aromatic nitrogens is 1. The predicted molar refractivity (Wildman–Crippen MR) is 64.7 cm³/mol. The third kappa shape index (κ3) is 1.99. The molecule has 82 valence electrons. The Morgan fingerprint density at radius 3 is 3.00 bits per heavy atom. The Morgan fingerprint density at radius 1 is 1.47 bits per heavy atom. The molecular weight excluding hydrogens is 202 g/mol. The fourth-order valence-electron chi connectivity index (χ4n) is 2.28. The molecule has 1 aliphatic heterocycles. The molecule has 0 saturated carbocycles. The fourth-order valence-corrected chi connectivity index (χ4v) is 4.68. The van der Waals surface area contributed by atoms with Crippen LogP contribution in [0.2, 0.25) is 13.1 Å². The van der Waals surface area contributed by atoms with E-state index >= 15 is 0 Å². The Bertz CT molecular complexity index is 351. The standard InChI is InChI=1S/C12H19NOSi/c1-4-5-6-11-10-7-8-13-9-12(10)15(2,3)14-11/h7-9,11H,4-6H2,1-3H3. The van der Waals surface area contributed by atoms with Crippen LogP contribution in [-0.4, -0.2) is 13.3 Å². The van der Waals surface area contributed by atoms with Gasteiger partial charge in [-0.15, -0.1) is 0 Å². The van der Waals surface area contributed by atoms with Gasteiger partial charge in [0.25, 0.3) is 0 Å². The summed E-state index contributed by atoms with van der Waals surface area (Å²) in [7, 11) is -1.64. The van der Waals surface area contributed by atoms with E-state index in [1.807, 2.05) is 12.4 Å². The summed E-state index contributed by atoms with van der Waals surface area (Å²) in [6.07, 6.45) is 7.87. The van der Waals surface area contributed by atoms with Crippen LogP contribution >= 0.6 is 0 Å². The molecule has 1 aromatic heterocycles. The fraction of sp³-hybridized carbons (Fsp3) is 0.583. The van der Waals surface area contributed by atoms with Gasteiger partial charge >= 0.3 is 0 Å². The first-order valence-electron chi connectivity index (χ1n) is 5.77. The normalized spacial score (nSPS) is 22.7. The van der Waals surface area contributed by atoms with Crippen molar-refractivity contribution in [2.45, 2.75) is 45.4 Å². The average Bonchev–Trinajstić information content (AvgIpc) is 2.49. The van der Waals surface area contributed by atoms with E-state index in [1.54, 1.807) is 0 Å². The van der Waals surface area contributed by atoms with E-state index in [0.29, 0.717) is 6.10 Å². The van der Waals surface area contributed by atoms with Crippen molar-refractivity contribution in [3.05, 3.63) is 24.0 Å². The molecule has 2 heterocycles. The van der Waals surface area contributed by atoms with E-state index < -0.39 is 8.32 Å². The third-order valence-electron chi connectivity index (χ3n) is 3.11. The first-order valence-corrected chi connectivity index (χ1v) is 8.68. The summed E-state index contributed by atoms with van der Waals surface area (Å²) in [5, 5.41) is 1.39. The first-order chi connectivity index (χ1) is 7.15.